The Morgan fingerprint density at radius 1 is 1.25 bits per heavy atom. The summed E-state index contributed by atoms with van der Waals surface area (Å²) in [5.74, 6) is 0. The molecule has 0 radical (unpaired) electrons. The van der Waals surface area contributed by atoms with Gasteiger partial charge in [-0.25, -0.2) is 0 Å². The standard InChI is InChI=1S/C13H13N3/c1-13(2,9-14)12-8-11(15-16-12)10-6-4-3-5-7-10/h3-8H,1-2H3,(H,15,16). The molecule has 1 aromatic heterocycles. The van der Waals surface area contributed by atoms with Crippen molar-refractivity contribution in [3.8, 4) is 17.3 Å². The molecule has 0 saturated heterocycles. The van der Waals surface area contributed by atoms with E-state index < -0.39 is 5.41 Å². The Morgan fingerprint density at radius 3 is 2.56 bits per heavy atom. The van der Waals surface area contributed by atoms with E-state index in [0.717, 1.165) is 17.0 Å². The molecule has 0 bridgehead atoms. The lowest BCUT2D eigenvalue weighted by atomic mass is 9.91. The van der Waals surface area contributed by atoms with Crippen LogP contribution in [0.4, 0.5) is 0 Å². The van der Waals surface area contributed by atoms with Crippen molar-refractivity contribution in [2.75, 3.05) is 0 Å². The van der Waals surface area contributed by atoms with Gasteiger partial charge in [-0.05, 0) is 19.9 Å². The van der Waals surface area contributed by atoms with Gasteiger partial charge in [-0.1, -0.05) is 30.3 Å². The average molecular weight is 211 g/mol. The Kier molecular flexibility index (Phi) is 2.49. The van der Waals surface area contributed by atoms with Crippen molar-refractivity contribution >= 4 is 0 Å². The summed E-state index contributed by atoms with van der Waals surface area (Å²) in [5.41, 5.74) is 2.24. The van der Waals surface area contributed by atoms with Gasteiger partial charge in [-0.15, -0.1) is 0 Å². The van der Waals surface area contributed by atoms with Gasteiger partial charge >= 0.3 is 0 Å². The first-order chi connectivity index (χ1) is 7.63. The van der Waals surface area contributed by atoms with E-state index in [1.807, 2.05) is 50.2 Å². The first-order valence-electron chi connectivity index (χ1n) is 5.16. The summed E-state index contributed by atoms with van der Waals surface area (Å²) < 4.78 is 0. The first-order valence-corrected chi connectivity index (χ1v) is 5.16. The second-order valence-electron chi connectivity index (χ2n) is 4.27. The summed E-state index contributed by atoms with van der Waals surface area (Å²) in [7, 11) is 0. The van der Waals surface area contributed by atoms with Crippen LogP contribution in [0.15, 0.2) is 36.4 Å². The molecule has 16 heavy (non-hydrogen) atoms. The summed E-state index contributed by atoms with van der Waals surface area (Å²) in [6.45, 7) is 3.74. The predicted octanol–water partition coefficient (Wildman–Crippen LogP) is 2.88. The highest BCUT2D eigenvalue weighted by Gasteiger charge is 2.22. The Bertz CT molecular complexity index is 518. The topological polar surface area (TPSA) is 52.5 Å². The lowest BCUT2D eigenvalue weighted by molar-refractivity contribution is 0.655. The van der Waals surface area contributed by atoms with Crippen molar-refractivity contribution in [2.45, 2.75) is 19.3 Å². The Hall–Kier alpha value is -2.08. The van der Waals surface area contributed by atoms with Gasteiger partial charge in [0.25, 0.3) is 0 Å². The van der Waals surface area contributed by atoms with Crippen LogP contribution >= 0.6 is 0 Å². The molecular formula is C13H13N3. The van der Waals surface area contributed by atoms with Gasteiger partial charge in [0.15, 0.2) is 0 Å². The fourth-order valence-electron chi connectivity index (χ4n) is 1.46. The molecule has 0 aliphatic heterocycles. The predicted molar refractivity (Wildman–Crippen MR) is 62.7 cm³/mol. The van der Waals surface area contributed by atoms with Crippen molar-refractivity contribution in [1.29, 1.82) is 5.26 Å². The number of nitriles is 1. The number of aromatic nitrogens is 2. The highest BCUT2D eigenvalue weighted by atomic mass is 15.1. The molecule has 3 heteroatoms. The van der Waals surface area contributed by atoms with Crippen LogP contribution in [0.25, 0.3) is 11.3 Å². The van der Waals surface area contributed by atoms with Crippen molar-refractivity contribution in [3.05, 3.63) is 42.1 Å². The van der Waals surface area contributed by atoms with Crippen LogP contribution in [-0.2, 0) is 5.41 Å². The average Bonchev–Trinajstić information content (AvgIpc) is 2.80. The molecule has 1 N–H and O–H groups in total. The lowest BCUT2D eigenvalue weighted by Gasteiger charge is -2.10. The van der Waals surface area contributed by atoms with Crippen molar-refractivity contribution in [3.63, 3.8) is 0 Å². The van der Waals surface area contributed by atoms with E-state index in [1.165, 1.54) is 0 Å². The van der Waals surface area contributed by atoms with Gasteiger partial charge < -0.3 is 0 Å². The van der Waals surface area contributed by atoms with E-state index in [1.54, 1.807) is 0 Å². The Morgan fingerprint density at radius 2 is 1.94 bits per heavy atom. The van der Waals surface area contributed by atoms with E-state index in [0.29, 0.717) is 0 Å². The van der Waals surface area contributed by atoms with Gasteiger partial charge in [-0.3, -0.25) is 5.10 Å². The summed E-state index contributed by atoms with van der Waals surface area (Å²) in [5, 5.41) is 16.2. The SMILES string of the molecule is CC(C)(C#N)c1cc(-c2ccccc2)n[nH]1. The summed E-state index contributed by atoms with van der Waals surface area (Å²) >= 11 is 0. The summed E-state index contributed by atoms with van der Waals surface area (Å²) in [6.07, 6.45) is 0. The molecule has 0 spiro atoms. The number of rotatable bonds is 2. The van der Waals surface area contributed by atoms with Crippen LogP contribution in [0.5, 0.6) is 0 Å². The number of nitrogens with zero attached hydrogens (tertiary/aromatic N) is 2. The molecule has 0 atom stereocenters. The maximum Gasteiger partial charge on any atom is 0.0931 e. The van der Waals surface area contributed by atoms with Crippen molar-refractivity contribution < 1.29 is 0 Å². The minimum atomic E-state index is -0.528. The van der Waals surface area contributed by atoms with Crippen molar-refractivity contribution in [2.24, 2.45) is 0 Å². The van der Waals surface area contributed by atoms with E-state index in [-0.39, 0.29) is 0 Å². The smallest absolute Gasteiger partial charge is 0.0931 e. The number of aromatic amines is 1. The normalized spacial score (nSPS) is 11.1. The second kappa shape index (κ2) is 3.82. The fraction of sp³-hybridized carbons (Fsp3) is 0.231. The zero-order chi connectivity index (χ0) is 11.6. The highest BCUT2D eigenvalue weighted by molar-refractivity contribution is 5.59. The van der Waals surface area contributed by atoms with E-state index in [4.69, 9.17) is 5.26 Å². The molecule has 0 aliphatic rings. The maximum absolute atomic E-state index is 9.03. The molecule has 1 aromatic carbocycles. The van der Waals surface area contributed by atoms with Crippen LogP contribution in [0.2, 0.25) is 0 Å². The molecule has 3 nitrogen and oxygen atoms in total. The zero-order valence-corrected chi connectivity index (χ0v) is 9.36. The zero-order valence-electron chi connectivity index (χ0n) is 9.36. The monoisotopic (exact) mass is 211 g/mol. The van der Waals surface area contributed by atoms with E-state index >= 15 is 0 Å². The number of benzene rings is 1. The quantitative estimate of drug-likeness (QED) is 0.830. The fourth-order valence-corrected chi connectivity index (χ4v) is 1.46. The maximum atomic E-state index is 9.03. The first kappa shape index (κ1) is 10.4. The molecule has 80 valence electrons. The third kappa shape index (κ3) is 1.82. The third-order valence-electron chi connectivity index (χ3n) is 2.60. The summed E-state index contributed by atoms with van der Waals surface area (Å²) in [4.78, 5) is 0. The van der Waals surface area contributed by atoms with Gasteiger partial charge in [0.1, 0.15) is 0 Å². The molecule has 2 aromatic rings. The van der Waals surface area contributed by atoms with Crippen LogP contribution in [0, 0.1) is 11.3 Å². The number of nitrogens with one attached hydrogen (secondary N) is 1. The summed E-state index contributed by atoms with van der Waals surface area (Å²) in [6, 6.07) is 14.1. The molecule has 0 saturated carbocycles. The molecular weight excluding hydrogens is 198 g/mol. The van der Waals surface area contributed by atoms with Gasteiger partial charge in [0.05, 0.1) is 22.9 Å². The third-order valence-corrected chi connectivity index (χ3v) is 2.60. The number of H-pyrrole nitrogens is 1. The molecule has 0 unspecified atom stereocenters. The Balaban J connectivity index is 2.39. The largest absolute Gasteiger partial charge is 0.280 e. The second-order valence-corrected chi connectivity index (χ2v) is 4.27. The lowest BCUT2D eigenvalue weighted by Crippen LogP contribution is -2.14. The van der Waals surface area contributed by atoms with Crippen molar-refractivity contribution in [1.82, 2.24) is 10.2 Å². The van der Waals surface area contributed by atoms with Gasteiger partial charge in [-0.2, -0.15) is 10.4 Å². The van der Waals surface area contributed by atoms with Crippen LogP contribution < -0.4 is 0 Å². The van der Waals surface area contributed by atoms with Gasteiger partial charge in [0.2, 0.25) is 0 Å². The van der Waals surface area contributed by atoms with Crippen LogP contribution in [0.3, 0.4) is 0 Å². The molecule has 2 rings (SSSR count). The minimum Gasteiger partial charge on any atom is -0.280 e. The highest BCUT2D eigenvalue weighted by Crippen LogP contribution is 2.24. The molecule has 0 amide bonds. The van der Waals surface area contributed by atoms with Gasteiger partial charge in [0, 0.05) is 5.56 Å². The Labute approximate surface area is 94.7 Å². The molecule has 1 heterocycles. The minimum absolute atomic E-state index is 0.528. The van der Waals surface area contributed by atoms with E-state index in [9.17, 15) is 0 Å². The molecule has 0 aliphatic carbocycles. The van der Waals surface area contributed by atoms with Crippen LogP contribution in [-0.4, -0.2) is 10.2 Å². The van der Waals surface area contributed by atoms with Crippen LogP contribution in [0.1, 0.15) is 19.5 Å². The number of hydrogen-bond acceptors (Lipinski definition) is 2. The number of hydrogen-bond donors (Lipinski definition) is 1. The van der Waals surface area contributed by atoms with E-state index in [2.05, 4.69) is 16.3 Å². The molecule has 0 fully saturated rings.